The molecule has 0 spiro atoms. The summed E-state index contributed by atoms with van der Waals surface area (Å²) in [5.74, 6) is 2.06. The van der Waals surface area contributed by atoms with Crippen molar-refractivity contribution in [3.8, 4) is 51.7 Å². The molecule has 0 amide bonds. The molecular weight excluding hydrogens is 723 g/mol. The minimum atomic E-state index is -0.498. The zero-order valence-corrected chi connectivity index (χ0v) is 31.9. The highest BCUT2D eigenvalue weighted by Gasteiger charge is 2.11. The molecule has 0 radical (unpaired) electrons. The number of hydrogen-bond acceptors (Lipinski definition) is 9. The monoisotopic (exact) mass is 769 g/mol. The van der Waals surface area contributed by atoms with Gasteiger partial charge in [-0.25, -0.2) is 13.2 Å². The van der Waals surface area contributed by atoms with Gasteiger partial charge in [0.25, 0.3) is 0 Å². The Balaban J connectivity index is 0.000000187. The van der Waals surface area contributed by atoms with E-state index in [9.17, 15) is 18.3 Å². The molecule has 0 fully saturated rings. The van der Waals surface area contributed by atoms with Gasteiger partial charge in [0, 0.05) is 18.2 Å². The second kappa shape index (κ2) is 20.1. The van der Waals surface area contributed by atoms with Crippen molar-refractivity contribution >= 4 is 17.1 Å². The number of nitrogens with two attached hydrogens (primary N) is 3. The molecule has 0 aliphatic carbocycles. The molecule has 6 rings (SSSR count). The molecule has 0 aromatic heterocycles. The molecule has 294 valence electrons. The second-order valence-corrected chi connectivity index (χ2v) is 12.2. The fourth-order valence-electron chi connectivity index (χ4n) is 5.03. The zero-order chi connectivity index (χ0) is 40.8. The zero-order valence-electron chi connectivity index (χ0n) is 31.9. The third kappa shape index (κ3) is 11.7. The molecule has 6 aromatic rings. The largest absolute Gasteiger partial charge is 0.504 e. The van der Waals surface area contributed by atoms with Gasteiger partial charge >= 0.3 is 0 Å². The summed E-state index contributed by atoms with van der Waals surface area (Å²) >= 11 is 0. The Morgan fingerprint density at radius 1 is 0.446 bits per heavy atom. The van der Waals surface area contributed by atoms with Crippen molar-refractivity contribution in [2.24, 2.45) is 0 Å². The molecule has 0 bridgehead atoms. The van der Waals surface area contributed by atoms with Crippen LogP contribution >= 0.6 is 0 Å². The Bertz CT molecular complexity index is 2230. The van der Waals surface area contributed by atoms with E-state index in [0.29, 0.717) is 40.1 Å². The highest BCUT2D eigenvalue weighted by atomic mass is 19.1. The Morgan fingerprint density at radius 3 is 1.32 bits per heavy atom. The van der Waals surface area contributed by atoms with Crippen LogP contribution in [0.4, 0.5) is 30.2 Å². The lowest BCUT2D eigenvalue weighted by Gasteiger charge is -2.13. The molecule has 0 aliphatic rings. The normalized spacial score (nSPS) is 10.3. The summed E-state index contributed by atoms with van der Waals surface area (Å²) in [5.41, 5.74) is 20.9. The van der Waals surface area contributed by atoms with Crippen molar-refractivity contribution in [2.75, 3.05) is 31.4 Å². The Labute approximate surface area is 325 Å². The van der Waals surface area contributed by atoms with Gasteiger partial charge in [-0.1, -0.05) is 39.0 Å². The first-order chi connectivity index (χ1) is 26.9. The number of hydrogen-bond donors (Lipinski definition) is 4. The van der Waals surface area contributed by atoms with Crippen LogP contribution in [0.15, 0.2) is 109 Å². The molecule has 9 nitrogen and oxygen atoms in total. The molecule has 0 unspecified atom stereocenters. The lowest BCUT2D eigenvalue weighted by Crippen LogP contribution is -1.96. The van der Waals surface area contributed by atoms with Crippen LogP contribution in [0.5, 0.6) is 51.7 Å². The summed E-state index contributed by atoms with van der Waals surface area (Å²) < 4.78 is 66.8. The molecule has 56 heavy (non-hydrogen) atoms. The predicted molar refractivity (Wildman–Crippen MR) is 215 cm³/mol. The number of aromatic hydroxyl groups is 1. The fraction of sp³-hybridized carbons (Fsp3) is 0.182. The third-order valence-electron chi connectivity index (χ3n) is 8.29. The van der Waals surface area contributed by atoms with Crippen molar-refractivity contribution < 1.29 is 42.0 Å². The fourth-order valence-corrected chi connectivity index (χ4v) is 5.03. The van der Waals surface area contributed by atoms with Gasteiger partial charge in [0.15, 0.2) is 46.0 Å². The highest BCUT2D eigenvalue weighted by molar-refractivity contribution is 5.57. The lowest BCUT2D eigenvalue weighted by molar-refractivity contribution is 0.377. The summed E-state index contributed by atoms with van der Waals surface area (Å²) in [6.07, 6.45) is 2.63. The maximum atomic E-state index is 13.3. The first-order valence-electron chi connectivity index (χ1n) is 17.7. The molecule has 6 aromatic carbocycles. The topological polar surface area (TPSA) is 144 Å². The van der Waals surface area contributed by atoms with Crippen molar-refractivity contribution in [1.29, 1.82) is 0 Å². The molecule has 12 heteroatoms. The van der Waals surface area contributed by atoms with E-state index in [1.54, 1.807) is 38.5 Å². The summed E-state index contributed by atoms with van der Waals surface area (Å²) in [5, 5.41) is 9.78. The smallest absolute Gasteiger partial charge is 0.169 e. The van der Waals surface area contributed by atoms with Crippen molar-refractivity contribution in [3.63, 3.8) is 0 Å². The average molecular weight is 770 g/mol. The second-order valence-electron chi connectivity index (χ2n) is 12.2. The number of halogens is 3. The molecule has 0 atom stereocenters. The van der Waals surface area contributed by atoms with Crippen molar-refractivity contribution in [2.45, 2.75) is 40.0 Å². The number of phenols is 1. The number of nitrogen functional groups attached to an aromatic ring is 3. The van der Waals surface area contributed by atoms with Gasteiger partial charge in [-0.15, -0.1) is 0 Å². The van der Waals surface area contributed by atoms with Crippen LogP contribution in [0, 0.1) is 17.5 Å². The first-order valence-corrected chi connectivity index (χ1v) is 17.7. The minimum Gasteiger partial charge on any atom is -0.504 e. The van der Waals surface area contributed by atoms with Gasteiger partial charge < -0.3 is 46.0 Å². The number of methoxy groups -OCH3 is 2. The average Bonchev–Trinajstić information content (AvgIpc) is 3.20. The van der Waals surface area contributed by atoms with E-state index in [-0.39, 0.29) is 28.7 Å². The highest BCUT2D eigenvalue weighted by Crippen LogP contribution is 2.37. The molecular formula is C44H46F3N3O6. The van der Waals surface area contributed by atoms with Crippen molar-refractivity contribution in [3.05, 3.63) is 143 Å². The maximum Gasteiger partial charge on any atom is 0.169 e. The Hall–Kier alpha value is -6.69. The molecule has 0 saturated heterocycles. The summed E-state index contributed by atoms with van der Waals surface area (Å²) in [4.78, 5) is 0. The van der Waals surface area contributed by atoms with E-state index in [2.05, 4.69) is 13.8 Å². The third-order valence-corrected chi connectivity index (χ3v) is 8.29. The summed E-state index contributed by atoms with van der Waals surface area (Å²) in [7, 11) is 3.14. The van der Waals surface area contributed by atoms with Gasteiger partial charge in [0.2, 0.25) is 0 Å². The predicted octanol–water partition coefficient (Wildman–Crippen LogP) is 11.0. The molecule has 0 aliphatic heterocycles. The van der Waals surface area contributed by atoms with E-state index >= 15 is 0 Å². The van der Waals surface area contributed by atoms with Crippen LogP contribution < -0.4 is 40.9 Å². The SMILES string of the molecule is CCc1ccc(Oc2cc(F)ccc2N)c(O)c1.CCc1ccc(Oc2cc(F)ccc2N)c(OC)c1.CCc1ccc(Oc2ccc(N)c(F)c2)c(OC)c1. The Morgan fingerprint density at radius 2 is 0.875 bits per heavy atom. The number of aryl methyl sites for hydroxylation is 3. The van der Waals surface area contributed by atoms with E-state index in [4.69, 9.17) is 40.9 Å². The van der Waals surface area contributed by atoms with Crippen LogP contribution in [-0.2, 0) is 19.3 Å². The lowest BCUT2D eigenvalue weighted by atomic mass is 10.1. The van der Waals surface area contributed by atoms with Crippen LogP contribution in [-0.4, -0.2) is 19.3 Å². The minimum absolute atomic E-state index is 0.0120. The van der Waals surface area contributed by atoms with Gasteiger partial charge in [0.1, 0.15) is 23.2 Å². The molecule has 0 heterocycles. The number of phenolic OH excluding ortho intramolecular Hbond substituents is 1. The van der Waals surface area contributed by atoms with Crippen molar-refractivity contribution in [1.82, 2.24) is 0 Å². The maximum absolute atomic E-state index is 13.3. The van der Waals surface area contributed by atoms with Crippen LogP contribution in [0.2, 0.25) is 0 Å². The van der Waals surface area contributed by atoms with E-state index < -0.39 is 17.5 Å². The number of rotatable bonds is 11. The van der Waals surface area contributed by atoms with Crippen LogP contribution in [0.1, 0.15) is 37.5 Å². The number of anilines is 3. The molecule has 7 N–H and O–H groups in total. The summed E-state index contributed by atoms with van der Waals surface area (Å²) in [6, 6.07) is 28.6. The van der Waals surface area contributed by atoms with Gasteiger partial charge in [-0.2, -0.15) is 0 Å². The summed E-state index contributed by atoms with van der Waals surface area (Å²) in [6.45, 7) is 6.10. The van der Waals surface area contributed by atoms with E-state index in [0.717, 1.165) is 36.0 Å². The van der Waals surface area contributed by atoms with Gasteiger partial charge in [0.05, 0.1) is 31.3 Å². The van der Waals surface area contributed by atoms with Crippen LogP contribution in [0.25, 0.3) is 0 Å². The Kier molecular flexibility index (Phi) is 15.1. The van der Waals surface area contributed by atoms with Gasteiger partial charge in [-0.05, 0) is 109 Å². The first kappa shape index (κ1) is 42.1. The molecule has 0 saturated carbocycles. The van der Waals surface area contributed by atoms with Crippen LogP contribution in [0.3, 0.4) is 0 Å². The number of benzene rings is 6. The van der Waals surface area contributed by atoms with E-state index in [1.807, 2.05) is 43.3 Å². The standard InChI is InChI=1S/2C15H16FNO2.C14H14FNO2/c1-3-10-4-7-14(15(8-10)18-2)19-11-5-6-13(17)12(16)9-11;1-3-10-4-7-13(15(8-10)18-2)19-14-9-11(16)5-6-12(14)17;1-2-9-3-6-13(12(17)7-9)18-14-8-10(15)4-5-11(14)16/h2*4-9H,3,17H2,1-2H3;3-8,17H,2,16H2,1H3. The van der Waals surface area contributed by atoms with Gasteiger partial charge in [-0.3, -0.25) is 0 Å². The van der Waals surface area contributed by atoms with E-state index in [1.165, 1.54) is 48.5 Å². The quantitative estimate of drug-likeness (QED) is 0.0946. The number of ether oxygens (including phenoxy) is 5.